The zero-order valence-corrected chi connectivity index (χ0v) is 8.17. The van der Waals surface area contributed by atoms with Gasteiger partial charge in [-0.2, -0.15) is 0 Å². The van der Waals surface area contributed by atoms with E-state index in [0.717, 1.165) is 19.4 Å². The summed E-state index contributed by atoms with van der Waals surface area (Å²) in [7, 11) is 0. The van der Waals surface area contributed by atoms with Gasteiger partial charge in [0.05, 0.1) is 6.10 Å². The van der Waals surface area contributed by atoms with E-state index in [0.29, 0.717) is 6.10 Å². The molecule has 0 aromatic heterocycles. The molecule has 13 heavy (non-hydrogen) atoms. The summed E-state index contributed by atoms with van der Waals surface area (Å²) in [5.74, 6) is 5.34. The molecule has 0 saturated carbocycles. The summed E-state index contributed by atoms with van der Waals surface area (Å²) in [6, 6.07) is 0.227. The second-order valence-corrected chi connectivity index (χ2v) is 3.57. The summed E-state index contributed by atoms with van der Waals surface area (Å²) in [5, 5.41) is 0. The fourth-order valence-corrected chi connectivity index (χ4v) is 1.67. The first-order valence-electron chi connectivity index (χ1n) is 5.07. The molecule has 1 heterocycles. The molecule has 3 heteroatoms. The minimum atomic E-state index is 0.227. The molecule has 1 rings (SSSR count). The topological polar surface area (TPSA) is 47.3 Å². The standard InChI is InChI=1S/C10H20N2O/c1-2-9(12-11)6-7-10-5-3-4-8-13-10/h2,9-10,12H,1,3-8,11H2. The van der Waals surface area contributed by atoms with Gasteiger partial charge in [0, 0.05) is 12.6 Å². The highest BCUT2D eigenvalue weighted by Gasteiger charge is 2.14. The average molecular weight is 184 g/mol. The van der Waals surface area contributed by atoms with Gasteiger partial charge in [0.25, 0.3) is 0 Å². The Kier molecular flexibility index (Phi) is 5.05. The van der Waals surface area contributed by atoms with Crippen molar-refractivity contribution < 1.29 is 4.74 Å². The Hall–Kier alpha value is -0.380. The van der Waals surface area contributed by atoms with Crippen molar-refractivity contribution in [2.24, 2.45) is 5.84 Å². The Labute approximate surface area is 80.3 Å². The second-order valence-electron chi connectivity index (χ2n) is 3.57. The van der Waals surface area contributed by atoms with Crippen molar-refractivity contribution in [2.75, 3.05) is 6.61 Å². The highest BCUT2D eigenvalue weighted by atomic mass is 16.5. The smallest absolute Gasteiger partial charge is 0.0575 e. The highest BCUT2D eigenvalue weighted by Crippen LogP contribution is 2.17. The quantitative estimate of drug-likeness (QED) is 0.385. The van der Waals surface area contributed by atoms with Crippen molar-refractivity contribution in [3.8, 4) is 0 Å². The molecule has 2 unspecified atom stereocenters. The van der Waals surface area contributed by atoms with Crippen LogP contribution < -0.4 is 11.3 Å². The molecule has 2 atom stereocenters. The second kappa shape index (κ2) is 6.13. The molecule has 0 radical (unpaired) electrons. The molecular weight excluding hydrogens is 164 g/mol. The molecule has 1 fully saturated rings. The minimum Gasteiger partial charge on any atom is -0.378 e. The normalized spacial score (nSPS) is 25.5. The molecule has 3 nitrogen and oxygen atoms in total. The molecule has 0 aliphatic carbocycles. The van der Waals surface area contributed by atoms with Gasteiger partial charge in [-0.3, -0.25) is 11.3 Å². The number of nitrogens with two attached hydrogens (primary N) is 1. The van der Waals surface area contributed by atoms with Gasteiger partial charge in [-0.15, -0.1) is 6.58 Å². The summed E-state index contributed by atoms with van der Waals surface area (Å²) in [4.78, 5) is 0. The first-order chi connectivity index (χ1) is 6.36. The largest absolute Gasteiger partial charge is 0.378 e. The molecule has 0 spiro atoms. The van der Waals surface area contributed by atoms with E-state index in [2.05, 4.69) is 12.0 Å². The fraction of sp³-hybridized carbons (Fsp3) is 0.800. The van der Waals surface area contributed by atoms with Crippen molar-refractivity contribution >= 4 is 0 Å². The lowest BCUT2D eigenvalue weighted by atomic mass is 10.0. The van der Waals surface area contributed by atoms with Crippen LogP contribution in [-0.4, -0.2) is 18.8 Å². The minimum absolute atomic E-state index is 0.227. The van der Waals surface area contributed by atoms with Crippen LogP contribution in [0.25, 0.3) is 0 Å². The first kappa shape index (κ1) is 10.7. The van der Waals surface area contributed by atoms with E-state index in [1.54, 1.807) is 0 Å². The Morgan fingerprint density at radius 1 is 1.62 bits per heavy atom. The number of hydrogen-bond donors (Lipinski definition) is 2. The Balaban J connectivity index is 2.12. The molecular formula is C10H20N2O. The fourth-order valence-electron chi connectivity index (χ4n) is 1.67. The van der Waals surface area contributed by atoms with Gasteiger partial charge < -0.3 is 4.74 Å². The zero-order chi connectivity index (χ0) is 9.52. The van der Waals surface area contributed by atoms with E-state index in [1.165, 1.54) is 19.3 Å². The third-order valence-corrected chi connectivity index (χ3v) is 2.57. The number of ether oxygens (including phenoxy) is 1. The van der Waals surface area contributed by atoms with Crippen LogP contribution in [0, 0.1) is 0 Å². The number of nitrogens with one attached hydrogen (secondary N) is 1. The molecule has 0 amide bonds. The predicted octanol–water partition coefficient (Wildman–Crippen LogP) is 1.35. The van der Waals surface area contributed by atoms with Gasteiger partial charge in [-0.05, 0) is 32.1 Å². The van der Waals surface area contributed by atoms with Crippen molar-refractivity contribution in [3.63, 3.8) is 0 Å². The van der Waals surface area contributed by atoms with Gasteiger partial charge in [0.2, 0.25) is 0 Å². The summed E-state index contributed by atoms with van der Waals surface area (Å²) < 4.78 is 5.61. The molecule has 1 aliphatic heterocycles. The number of hydrogen-bond acceptors (Lipinski definition) is 3. The lowest BCUT2D eigenvalue weighted by molar-refractivity contribution is 0.00927. The van der Waals surface area contributed by atoms with Crippen LogP contribution in [0.5, 0.6) is 0 Å². The molecule has 76 valence electrons. The summed E-state index contributed by atoms with van der Waals surface area (Å²) >= 11 is 0. The molecule has 3 N–H and O–H groups in total. The van der Waals surface area contributed by atoms with Crippen molar-refractivity contribution in [2.45, 2.75) is 44.2 Å². The monoisotopic (exact) mass is 184 g/mol. The first-order valence-corrected chi connectivity index (χ1v) is 5.07. The van der Waals surface area contributed by atoms with Crippen LogP contribution >= 0.6 is 0 Å². The number of hydrazine groups is 1. The van der Waals surface area contributed by atoms with Crippen molar-refractivity contribution in [1.29, 1.82) is 0 Å². The third-order valence-electron chi connectivity index (χ3n) is 2.57. The molecule has 1 saturated heterocycles. The lowest BCUT2D eigenvalue weighted by Gasteiger charge is -2.23. The summed E-state index contributed by atoms with van der Waals surface area (Å²) in [5.41, 5.74) is 2.72. The molecule has 0 aromatic rings. The average Bonchev–Trinajstić information content (AvgIpc) is 2.21. The van der Waals surface area contributed by atoms with Gasteiger partial charge in [-0.25, -0.2) is 0 Å². The maximum Gasteiger partial charge on any atom is 0.0575 e. The van der Waals surface area contributed by atoms with Gasteiger partial charge in [-0.1, -0.05) is 6.08 Å². The van der Waals surface area contributed by atoms with E-state index >= 15 is 0 Å². The van der Waals surface area contributed by atoms with Gasteiger partial charge in [0.1, 0.15) is 0 Å². The molecule has 1 aliphatic rings. The van der Waals surface area contributed by atoms with E-state index in [-0.39, 0.29) is 6.04 Å². The van der Waals surface area contributed by atoms with Crippen LogP contribution in [0.4, 0.5) is 0 Å². The predicted molar refractivity (Wildman–Crippen MR) is 54.1 cm³/mol. The van der Waals surface area contributed by atoms with Crippen LogP contribution in [0.1, 0.15) is 32.1 Å². The Morgan fingerprint density at radius 2 is 2.46 bits per heavy atom. The van der Waals surface area contributed by atoms with Crippen LogP contribution in [0.3, 0.4) is 0 Å². The van der Waals surface area contributed by atoms with Crippen LogP contribution in [0.15, 0.2) is 12.7 Å². The lowest BCUT2D eigenvalue weighted by Crippen LogP contribution is -2.34. The summed E-state index contributed by atoms with van der Waals surface area (Å²) in [6.07, 6.45) is 8.13. The Morgan fingerprint density at radius 3 is 3.00 bits per heavy atom. The SMILES string of the molecule is C=CC(CCC1CCCCO1)NN. The van der Waals surface area contributed by atoms with E-state index in [1.807, 2.05) is 6.08 Å². The Bertz CT molecular complexity index is 144. The van der Waals surface area contributed by atoms with Crippen molar-refractivity contribution in [1.82, 2.24) is 5.43 Å². The molecule has 0 aromatic carbocycles. The summed E-state index contributed by atoms with van der Waals surface area (Å²) in [6.45, 7) is 4.64. The van der Waals surface area contributed by atoms with Crippen molar-refractivity contribution in [3.05, 3.63) is 12.7 Å². The maximum atomic E-state index is 5.61. The van der Waals surface area contributed by atoms with E-state index in [9.17, 15) is 0 Å². The van der Waals surface area contributed by atoms with E-state index < -0.39 is 0 Å². The van der Waals surface area contributed by atoms with Crippen LogP contribution in [-0.2, 0) is 4.74 Å². The van der Waals surface area contributed by atoms with E-state index in [4.69, 9.17) is 10.6 Å². The number of rotatable bonds is 5. The highest BCUT2D eigenvalue weighted by molar-refractivity contribution is 4.84. The van der Waals surface area contributed by atoms with Gasteiger partial charge >= 0.3 is 0 Å². The van der Waals surface area contributed by atoms with Gasteiger partial charge in [0.15, 0.2) is 0 Å². The van der Waals surface area contributed by atoms with Crippen LogP contribution in [0.2, 0.25) is 0 Å². The molecule has 0 bridgehead atoms. The third kappa shape index (κ3) is 3.89. The maximum absolute atomic E-state index is 5.61. The zero-order valence-electron chi connectivity index (χ0n) is 8.17.